The lowest BCUT2D eigenvalue weighted by atomic mass is 10.2. The summed E-state index contributed by atoms with van der Waals surface area (Å²) in [6.07, 6.45) is 0. The molecule has 0 bridgehead atoms. The molecule has 5 heteroatoms. The Balaban J connectivity index is 1.93. The largest absolute Gasteiger partial charge is 0.495 e. The number of urea groups is 1. The van der Waals surface area contributed by atoms with E-state index in [1.807, 2.05) is 30.3 Å². The zero-order valence-electron chi connectivity index (χ0n) is 11.2. The van der Waals surface area contributed by atoms with E-state index < -0.39 is 0 Å². The molecule has 0 aliphatic heterocycles. The molecule has 0 aromatic heterocycles. The molecule has 0 aliphatic carbocycles. The number of ether oxygens (including phenoxy) is 1. The lowest BCUT2D eigenvalue weighted by Gasteiger charge is -2.11. The average molecular weight is 271 g/mol. The molecule has 4 N–H and O–H groups in total. The molecule has 104 valence electrons. The minimum absolute atomic E-state index is 0.295. The van der Waals surface area contributed by atoms with Crippen molar-refractivity contribution in [2.45, 2.75) is 6.54 Å². The topological polar surface area (TPSA) is 76.4 Å². The Morgan fingerprint density at radius 1 is 1.20 bits per heavy atom. The Morgan fingerprint density at radius 3 is 2.75 bits per heavy atom. The number of para-hydroxylation sites is 2. The molecular formula is C15H17N3O2. The van der Waals surface area contributed by atoms with Crippen LogP contribution in [0.4, 0.5) is 16.2 Å². The van der Waals surface area contributed by atoms with Crippen LogP contribution in [-0.4, -0.2) is 13.1 Å². The summed E-state index contributed by atoms with van der Waals surface area (Å²) >= 11 is 0. The predicted molar refractivity (Wildman–Crippen MR) is 79.7 cm³/mol. The first-order valence-corrected chi connectivity index (χ1v) is 6.21. The van der Waals surface area contributed by atoms with Gasteiger partial charge in [-0.25, -0.2) is 4.79 Å². The fraction of sp³-hybridized carbons (Fsp3) is 0.133. The summed E-state index contributed by atoms with van der Waals surface area (Å²) < 4.78 is 5.17. The molecule has 0 saturated carbocycles. The molecule has 0 radical (unpaired) electrons. The van der Waals surface area contributed by atoms with Gasteiger partial charge in [0.05, 0.1) is 12.8 Å². The highest BCUT2D eigenvalue weighted by Gasteiger charge is 2.06. The van der Waals surface area contributed by atoms with E-state index in [1.165, 1.54) is 0 Å². The van der Waals surface area contributed by atoms with Crippen molar-refractivity contribution in [1.82, 2.24) is 5.32 Å². The Bertz CT molecular complexity index is 599. The molecule has 2 aromatic rings. The smallest absolute Gasteiger partial charge is 0.319 e. The van der Waals surface area contributed by atoms with Crippen molar-refractivity contribution in [3.8, 4) is 5.75 Å². The lowest BCUT2D eigenvalue weighted by molar-refractivity contribution is 0.251. The fourth-order valence-corrected chi connectivity index (χ4v) is 1.80. The molecule has 0 atom stereocenters. The number of nitrogens with one attached hydrogen (secondary N) is 2. The summed E-state index contributed by atoms with van der Waals surface area (Å²) in [5.74, 6) is 0.617. The number of rotatable bonds is 4. The molecule has 0 unspecified atom stereocenters. The molecule has 5 nitrogen and oxygen atoms in total. The summed E-state index contributed by atoms with van der Waals surface area (Å²) in [4.78, 5) is 11.8. The number of anilines is 2. The van der Waals surface area contributed by atoms with Crippen LogP contribution in [0.5, 0.6) is 5.75 Å². The number of nitrogen functional groups attached to an aromatic ring is 1. The third-order valence-electron chi connectivity index (χ3n) is 2.76. The van der Waals surface area contributed by atoms with E-state index in [1.54, 1.807) is 25.3 Å². The van der Waals surface area contributed by atoms with Crippen molar-refractivity contribution in [2.24, 2.45) is 0 Å². The summed E-state index contributed by atoms with van der Waals surface area (Å²) in [7, 11) is 1.56. The van der Waals surface area contributed by atoms with Crippen LogP contribution in [0, 0.1) is 0 Å². The van der Waals surface area contributed by atoms with Crippen LogP contribution in [-0.2, 0) is 6.54 Å². The van der Waals surface area contributed by atoms with Crippen molar-refractivity contribution in [3.63, 3.8) is 0 Å². The molecule has 2 rings (SSSR count). The maximum absolute atomic E-state index is 11.8. The summed E-state index contributed by atoms with van der Waals surface area (Å²) in [5.41, 5.74) is 7.93. The van der Waals surface area contributed by atoms with E-state index in [0.717, 1.165) is 5.56 Å². The summed E-state index contributed by atoms with van der Waals surface area (Å²) in [6.45, 7) is 0.409. The molecule has 20 heavy (non-hydrogen) atoms. The van der Waals surface area contributed by atoms with Crippen molar-refractivity contribution >= 4 is 17.4 Å². The molecule has 2 aromatic carbocycles. The van der Waals surface area contributed by atoms with Gasteiger partial charge in [-0.1, -0.05) is 24.3 Å². The fourth-order valence-electron chi connectivity index (χ4n) is 1.80. The van der Waals surface area contributed by atoms with Crippen molar-refractivity contribution in [2.75, 3.05) is 18.2 Å². The van der Waals surface area contributed by atoms with E-state index in [4.69, 9.17) is 10.5 Å². The van der Waals surface area contributed by atoms with Crippen LogP contribution in [0.25, 0.3) is 0 Å². The zero-order chi connectivity index (χ0) is 14.4. The van der Waals surface area contributed by atoms with Gasteiger partial charge in [0.1, 0.15) is 5.75 Å². The number of benzene rings is 2. The first-order chi connectivity index (χ1) is 9.69. The van der Waals surface area contributed by atoms with Crippen molar-refractivity contribution in [3.05, 3.63) is 54.1 Å². The minimum Gasteiger partial charge on any atom is -0.495 e. The second-order valence-electron chi connectivity index (χ2n) is 4.25. The van der Waals surface area contributed by atoms with Crippen LogP contribution >= 0.6 is 0 Å². The SMILES string of the molecule is COc1ccccc1NC(=O)NCc1cccc(N)c1. The number of hydrogen-bond acceptors (Lipinski definition) is 3. The first-order valence-electron chi connectivity index (χ1n) is 6.21. The second kappa shape index (κ2) is 6.47. The highest BCUT2D eigenvalue weighted by molar-refractivity contribution is 5.90. The molecule has 0 spiro atoms. The van der Waals surface area contributed by atoms with Crippen LogP contribution in [0.15, 0.2) is 48.5 Å². The van der Waals surface area contributed by atoms with Gasteiger partial charge in [0, 0.05) is 12.2 Å². The van der Waals surface area contributed by atoms with Crippen molar-refractivity contribution < 1.29 is 9.53 Å². The number of carbonyl (C=O) groups is 1. The number of nitrogens with two attached hydrogens (primary N) is 1. The monoisotopic (exact) mass is 271 g/mol. The first kappa shape index (κ1) is 13.7. The standard InChI is InChI=1S/C15H17N3O2/c1-20-14-8-3-2-7-13(14)18-15(19)17-10-11-5-4-6-12(16)9-11/h2-9H,10,16H2,1H3,(H2,17,18,19). The molecule has 2 amide bonds. The van der Waals surface area contributed by atoms with Crippen molar-refractivity contribution in [1.29, 1.82) is 0 Å². The van der Waals surface area contributed by atoms with Gasteiger partial charge < -0.3 is 21.1 Å². The van der Waals surface area contributed by atoms with Gasteiger partial charge in [0.15, 0.2) is 0 Å². The van der Waals surface area contributed by atoms with Crippen LogP contribution in [0.1, 0.15) is 5.56 Å². The van der Waals surface area contributed by atoms with E-state index in [9.17, 15) is 4.79 Å². The van der Waals surface area contributed by atoms with E-state index in [-0.39, 0.29) is 6.03 Å². The summed E-state index contributed by atoms with van der Waals surface area (Å²) in [6, 6.07) is 14.3. The van der Waals surface area contributed by atoms with E-state index in [2.05, 4.69) is 10.6 Å². The van der Waals surface area contributed by atoms with Gasteiger partial charge in [0.25, 0.3) is 0 Å². The quantitative estimate of drug-likeness (QED) is 0.748. The van der Waals surface area contributed by atoms with Crippen LogP contribution in [0.2, 0.25) is 0 Å². The predicted octanol–water partition coefficient (Wildman–Crippen LogP) is 2.60. The molecule has 0 aliphatic rings. The average Bonchev–Trinajstić information content (AvgIpc) is 2.46. The highest BCUT2D eigenvalue weighted by Crippen LogP contribution is 2.22. The van der Waals surface area contributed by atoms with Gasteiger partial charge in [0.2, 0.25) is 0 Å². The molecular weight excluding hydrogens is 254 g/mol. The number of methoxy groups -OCH3 is 1. The van der Waals surface area contributed by atoms with E-state index >= 15 is 0 Å². The number of amides is 2. The third kappa shape index (κ3) is 3.65. The van der Waals surface area contributed by atoms with Gasteiger partial charge in [-0.15, -0.1) is 0 Å². The van der Waals surface area contributed by atoms with E-state index in [0.29, 0.717) is 23.7 Å². The van der Waals surface area contributed by atoms with Gasteiger partial charge in [-0.2, -0.15) is 0 Å². The molecule has 0 heterocycles. The minimum atomic E-state index is -0.295. The Kier molecular flexibility index (Phi) is 4.44. The molecule has 0 fully saturated rings. The third-order valence-corrected chi connectivity index (χ3v) is 2.76. The Morgan fingerprint density at radius 2 is 2.00 bits per heavy atom. The lowest BCUT2D eigenvalue weighted by Crippen LogP contribution is -2.28. The van der Waals surface area contributed by atoms with Crippen LogP contribution < -0.4 is 21.1 Å². The van der Waals surface area contributed by atoms with Gasteiger partial charge >= 0.3 is 6.03 Å². The van der Waals surface area contributed by atoms with Gasteiger partial charge in [-0.3, -0.25) is 0 Å². The number of hydrogen-bond donors (Lipinski definition) is 3. The van der Waals surface area contributed by atoms with Gasteiger partial charge in [-0.05, 0) is 29.8 Å². The Hall–Kier alpha value is -2.69. The maximum Gasteiger partial charge on any atom is 0.319 e. The normalized spacial score (nSPS) is 9.85. The second-order valence-corrected chi connectivity index (χ2v) is 4.25. The number of carbonyl (C=O) groups excluding carboxylic acids is 1. The zero-order valence-corrected chi connectivity index (χ0v) is 11.2. The maximum atomic E-state index is 11.8. The van der Waals surface area contributed by atoms with Crippen LogP contribution in [0.3, 0.4) is 0 Å². The molecule has 0 saturated heterocycles. The highest BCUT2D eigenvalue weighted by atomic mass is 16.5. The Labute approximate surface area is 117 Å². The summed E-state index contributed by atoms with van der Waals surface area (Å²) in [5, 5.41) is 5.50.